The van der Waals surface area contributed by atoms with Gasteiger partial charge in [0.2, 0.25) is 0 Å². The maximum atomic E-state index is 9.66. The molecule has 2 aromatic rings. The van der Waals surface area contributed by atoms with Gasteiger partial charge in [0, 0.05) is 26.2 Å². The minimum Gasteiger partial charge on any atom is -0.496 e. The lowest BCUT2D eigenvalue weighted by Crippen LogP contribution is -2.42. The van der Waals surface area contributed by atoms with Crippen LogP contribution < -0.4 is 14.5 Å². The van der Waals surface area contributed by atoms with E-state index in [4.69, 9.17) is 4.74 Å². The third kappa shape index (κ3) is 4.07. The van der Waals surface area contributed by atoms with E-state index in [1.807, 2.05) is 19.2 Å². The quantitative estimate of drug-likeness (QED) is 0.859. The van der Waals surface area contributed by atoms with Crippen LogP contribution in [0.1, 0.15) is 30.4 Å². The van der Waals surface area contributed by atoms with Crippen LogP contribution in [0.15, 0.2) is 30.6 Å². The number of aryl methyl sites for hydroxylation is 1. The number of aromatic nitrogens is 2. The molecule has 1 aromatic carbocycles. The summed E-state index contributed by atoms with van der Waals surface area (Å²) in [5.41, 5.74) is 2.33. The number of nitrogens with zero attached hydrogens (tertiary/aromatic N) is 4. The summed E-state index contributed by atoms with van der Waals surface area (Å²) in [5.74, 6) is 2.68. The van der Waals surface area contributed by atoms with Crippen molar-refractivity contribution in [2.45, 2.75) is 38.8 Å². The largest absolute Gasteiger partial charge is 0.496 e. The molecular formula is C20H28N4O2. The summed E-state index contributed by atoms with van der Waals surface area (Å²) in [5, 5.41) is 9.66. The molecule has 140 valence electrons. The molecule has 1 fully saturated rings. The Hall–Kier alpha value is -2.34. The Morgan fingerprint density at radius 3 is 2.85 bits per heavy atom. The Labute approximate surface area is 155 Å². The minimum atomic E-state index is 0.154. The normalized spacial score (nSPS) is 17.2. The van der Waals surface area contributed by atoms with Crippen LogP contribution in [-0.4, -0.2) is 48.4 Å². The lowest BCUT2D eigenvalue weighted by atomic mass is 10.0. The SMILES string of the molecule is COc1ccc(CN(C)c2cc(N3CCCCC3CO)ncn2)cc1C. The summed E-state index contributed by atoms with van der Waals surface area (Å²) in [4.78, 5) is 13.2. The molecule has 0 amide bonds. The number of hydrogen-bond donors (Lipinski definition) is 1. The van der Waals surface area contributed by atoms with Gasteiger partial charge in [0.25, 0.3) is 0 Å². The molecule has 0 aliphatic carbocycles. The van der Waals surface area contributed by atoms with Gasteiger partial charge in [0.15, 0.2) is 0 Å². The van der Waals surface area contributed by atoms with Crippen molar-refractivity contribution in [3.63, 3.8) is 0 Å². The molecule has 1 saturated heterocycles. The van der Waals surface area contributed by atoms with E-state index in [0.29, 0.717) is 0 Å². The molecule has 0 saturated carbocycles. The number of benzene rings is 1. The van der Waals surface area contributed by atoms with Crippen molar-refractivity contribution in [1.82, 2.24) is 9.97 Å². The van der Waals surface area contributed by atoms with E-state index >= 15 is 0 Å². The summed E-state index contributed by atoms with van der Waals surface area (Å²) in [6.45, 7) is 3.91. The van der Waals surface area contributed by atoms with Crippen molar-refractivity contribution in [3.8, 4) is 5.75 Å². The number of aliphatic hydroxyl groups excluding tert-OH is 1. The maximum absolute atomic E-state index is 9.66. The smallest absolute Gasteiger partial charge is 0.134 e. The number of aliphatic hydroxyl groups is 1. The van der Waals surface area contributed by atoms with Crippen LogP contribution in [-0.2, 0) is 6.54 Å². The first kappa shape index (κ1) is 18.5. The Kier molecular flexibility index (Phi) is 5.93. The van der Waals surface area contributed by atoms with Crippen molar-refractivity contribution in [2.24, 2.45) is 0 Å². The van der Waals surface area contributed by atoms with Crippen molar-refractivity contribution < 1.29 is 9.84 Å². The van der Waals surface area contributed by atoms with E-state index in [-0.39, 0.29) is 12.6 Å². The second-order valence-corrected chi connectivity index (χ2v) is 6.92. The molecule has 1 aromatic heterocycles. The van der Waals surface area contributed by atoms with Crippen LogP contribution in [0.2, 0.25) is 0 Å². The van der Waals surface area contributed by atoms with Gasteiger partial charge in [0.05, 0.1) is 19.8 Å². The van der Waals surface area contributed by atoms with Crippen molar-refractivity contribution in [2.75, 3.05) is 37.1 Å². The second kappa shape index (κ2) is 8.36. The summed E-state index contributed by atoms with van der Waals surface area (Å²) < 4.78 is 5.33. The predicted octanol–water partition coefficient (Wildman–Crippen LogP) is 2.78. The number of methoxy groups -OCH3 is 1. The zero-order valence-corrected chi connectivity index (χ0v) is 15.9. The molecule has 1 aliphatic rings. The Morgan fingerprint density at radius 2 is 2.12 bits per heavy atom. The van der Waals surface area contributed by atoms with E-state index in [0.717, 1.165) is 55.3 Å². The number of ether oxygens (including phenoxy) is 1. The van der Waals surface area contributed by atoms with Gasteiger partial charge >= 0.3 is 0 Å². The Bertz CT molecular complexity index is 738. The lowest BCUT2D eigenvalue weighted by molar-refractivity contribution is 0.239. The van der Waals surface area contributed by atoms with E-state index in [9.17, 15) is 5.11 Å². The van der Waals surface area contributed by atoms with Gasteiger partial charge in [-0.1, -0.05) is 12.1 Å². The van der Waals surface area contributed by atoms with Gasteiger partial charge in [-0.3, -0.25) is 0 Å². The first-order chi connectivity index (χ1) is 12.6. The van der Waals surface area contributed by atoms with Crippen LogP contribution in [0.4, 0.5) is 11.6 Å². The monoisotopic (exact) mass is 356 g/mol. The molecule has 0 bridgehead atoms. The fourth-order valence-electron chi connectivity index (χ4n) is 3.59. The van der Waals surface area contributed by atoms with Crippen molar-refractivity contribution in [1.29, 1.82) is 0 Å². The van der Waals surface area contributed by atoms with Gasteiger partial charge in [-0.2, -0.15) is 0 Å². The van der Waals surface area contributed by atoms with Gasteiger partial charge < -0.3 is 19.6 Å². The standard InChI is InChI=1S/C20H28N4O2/c1-15-10-16(7-8-18(15)26-3)12-23(2)19-11-20(22-14-21-19)24-9-5-4-6-17(24)13-25/h7-8,10-11,14,17,25H,4-6,9,12-13H2,1-3H3. The highest BCUT2D eigenvalue weighted by Gasteiger charge is 2.23. The molecule has 2 heterocycles. The van der Waals surface area contributed by atoms with Crippen LogP contribution >= 0.6 is 0 Å². The fourth-order valence-corrected chi connectivity index (χ4v) is 3.59. The Balaban J connectivity index is 1.75. The van der Waals surface area contributed by atoms with Gasteiger partial charge in [0.1, 0.15) is 23.7 Å². The van der Waals surface area contributed by atoms with Crippen LogP contribution in [0.25, 0.3) is 0 Å². The minimum absolute atomic E-state index is 0.154. The number of hydrogen-bond acceptors (Lipinski definition) is 6. The second-order valence-electron chi connectivity index (χ2n) is 6.92. The summed E-state index contributed by atoms with van der Waals surface area (Å²) in [7, 11) is 3.72. The number of piperidine rings is 1. The molecule has 1 aliphatic heterocycles. The Morgan fingerprint density at radius 1 is 1.27 bits per heavy atom. The zero-order chi connectivity index (χ0) is 18.5. The van der Waals surface area contributed by atoms with Crippen LogP contribution in [0.5, 0.6) is 5.75 Å². The highest BCUT2D eigenvalue weighted by Crippen LogP contribution is 2.26. The van der Waals surface area contributed by atoms with Gasteiger partial charge in [-0.25, -0.2) is 9.97 Å². The maximum Gasteiger partial charge on any atom is 0.134 e. The average molecular weight is 356 g/mol. The molecule has 6 nitrogen and oxygen atoms in total. The molecule has 6 heteroatoms. The third-order valence-electron chi connectivity index (χ3n) is 5.04. The average Bonchev–Trinajstić information content (AvgIpc) is 2.68. The van der Waals surface area contributed by atoms with Crippen molar-refractivity contribution >= 4 is 11.6 Å². The topological polar surface area (TPSA) is 61.7 Å². The first-order valence-corrected chi connectivity index (χ1v) is 9.16. The van der Waals surface area contributed by atoms with E-state index in [1.54, 1.807) is 13.4 Å². The molecule has 1 atom stereocenters. The summed E-state index contributed by atoms with van der Waals surface area (Å²) >= 11 is 0. The lowest BCUT2D eigenvalue weighted by Gasteiger charge is -2.35. The number of rotatable bonds is 6. The molecular weight excluding hydrogens is 328 g/mol. The highest BCUT2D eigenvalue weighted by atomic mass is 16.5. The summed E-state index contributed by atoms with van der Waals surface area (Å²) in [6, 6.07) is 8.40. The molecule has 1 unspecified atom stereocenters. The highest BCUT2D eigenvalue weighted by molar-refractivity contribution is 5.51. The van der Waals surface area contributed by atoms with Gasteiger partial charge in [-0.15, -0.1) is 0 Å². The molecule has 0 spiro atoms. The first-order valence-electron chi connectivity index (χ1n) is 9.16. The van der Waals surface area contributed by atoms with E-state index < -0.39 is 0 Å². The van der Waals surface area contributed by atoms with E-state index in [1.165, 1.54) is 5.56 Å². The van der Waals surface area contributed by atoms with Crippen molar-refractivity contribution in [3.05, 3.63) is 41.7 Å². The van der Waals surface area contributed by atoms with Gasteiger partial charge in [-0.05, 0) is 43.4 Å². The summed E-state index contributed by atoms with van der Waals surface area (Å²) in [6.07, 6.45) is 4.92. The molecule has 0 radical (unpaired) electrons. The molecule has 1 N–H and O–H groups in total. The fraction of sp³-hybridized carbons (Fsp3) is 0.500. The third-order valence-corrected chi connectivity index (χ3v) is 5.04. The van der Waals surface area contributed by atoms with E-state index in [2.05, 4.69) is 38.8 Å². The molecule has 26 heavy (non-hydrogen) atoms. The predicted molar refractivity (Wildman–Crippen MR) is 104 cm³/mol. The van der Waals surface area contributed by atoms with Crippen LogP contribution in [0.3, 0.4) is 0 Å². The number of anilines is 2. The molecule has 3 rings (SSSR count). The van der Waals surface area contributed by atoms with Crippen LogP contribution in [0, 0.1) is 6.92 Å². The zero-order valence-electron chi connectivity index (χ0n) is 15.9.